The zero-order valence-electron chi connectivity index (χ0n) is 24.1. The second-order valence-electron chi connectivity index (χ2n) is 9.95. The molecule has 0 aliphatic carbocycles. The molecule has 5 rings (SSSR count). The van der Waals surface area contributed by atoms with Crippen molar-refractivity contribution in [3.63, 3.8) is 0 Å². The number of thioether (sulfide) groups is 1. The molecule has 3 aliphatic rings. The third-order valence-electron chi connectivity index (χ3n) is 7.23. The number of rotatable bonds is 10. The molecule has 2 unspecified atom stereocenters. The van der Waals surface area contributed by atoms with Crippen LogP contribution in [0.15, 0.2) is 66.1 Å². The minimum atomic E-state index is -1.43. The number of benzene rings is 2. The van der Waals surface area contributed by atoms with Gasteiger partial charge in [0.15, 0.2) is 5.70 Å². The average Bonchev–Trinajstić information content (AvgIpc) is 3.43. The summed E-state index contributed by atoms with van der Waals surface area (Å²) in [6.07, 6.45) is 0. The number of urea groups is 2. The van der Waals surface area contributed by atoms with Gasteiger partial charge in [0.25, 0.3) is 5.91 Å². The van der Waals surface area contributed by atoms with Crippen LogP contribution in [0.4, 0.5) is 15.3 Å². The van der Waals surface area contributed by atoms with Crippen molar-refractivity contribution < 1.29 is 48.1 Å². The molecule has 0 radical (unpaired) electrons. The molecular formula is C29H29N5O10S. The predicted molar refractivity (Wildman–Crippen MR) is 158 cm³/mol. The number of methoxy groups -OCH3 is 1. The number of hydrogen-bond acceptors (Lipinski definition) is 10. The molecule has 2 aromatic rings. The quantitative estimate of drug-likeness (QED) is 0.195. The molecule has 3 aliphatic heterocycles. The minimum absolute atomic E-state index is 0.0321. The first-order chi connectivity index (χ1) is 21.6. The molecule has 0 aromatic heterocycles. The van der Waals surface area contributed by atoms with Crippen molar-refractivity contribution in [3.8, 4) is 5.75 Å². The number of nitrogens with one attached hydrogen (secondary N) is 2. The summed E-state index contributed by atoms with van der Waals surface area (Å²) in [6, 6.07) is 11.3. The molecule has 0 saturated carbocycles. The van der Waals surface area contributed by atoms with E-state index >= 15 is 0 Å². The smallest absolute Gasteiger partial charge is 0.356 e. The van der Waals surface area contributed by atoms with E-state index < -0.39 is 65.8 Å². The summed E-state index contributed by atoms with van der Waals surface area (Å²) in [7, 11) is 1.53. The van der Waals surface area contributed by atoms with Gasteiger partial charge in [-0.05, 0) is 29.8 Å². The van der Waals surface area contributed by atoms with Gasteiger partial charge in [0, 0.05) is 19.2 Å². The Hall–Kier alpha value is -5.25. The number of nitrogens with zero attached hydrogens (tertiary/aromatic N) is 3. The summed E-state index contributed by atoms with van der Waals surface area (Å²) in [4.78, 5) is 79.7. The zero-order valence-corrected chi connectivity index (χ0v) is 24.9. The lowest BCUT2D eigenvalue weighted by atomic mass is 10.0. The van der Waals surface area contributed by atoms with Crippen LogP contribution in [0.1, 0.15) is 18.5 Å². The maximum absolute atomic E-state index is 13.6. The van der Waals surface area contributed by atoms with Crippen molar-refractivity contribution in [3.05, 3.63) is 71.6 Å². The first-order valence-electron chi connectivity index (χ1n) is 13.7. The van der Waals surface area contributed by atoms with Crippen LogP contribution in [0.5, 0.6) is 5.75 Å². The van der Waals surface area contributed by atoms with Gasteiger partial charge in [0.05, 0.1) is 19.4 Å². The van der Waals surface area contributed by atoms with E-state index in [-0.39, 0.29) is 24.6 Å². The maximum atomic E-state index is 13.6. The van der Waals surface area contributed by atoms with E-state index in [2.05, 4.69) is 10.6 Å². The Kier molecular flexibility index (Phi) is 9.13. The summed E-state index contributed by atoms with van der Waals surface area (Å²) in [6.45, 7) is 0.947. The van der Waals surface area contributed by atoms with Gasteiger partial charge < -0.3 is 30.0 Å². The molecule has 2 aromatic carbocycles. The standard InChI is InChI=1S/C29H29N5O10S/c1-16(35)43-15-44-20-14-45-26-22(25(37)34(26)23(20)27(38)39)30-24(36)21(17-6-4-3-5-7-17)31-28(40)33-13-12-32(29(33)41)18-8-10-19(42-2)11-9-18/h3-11,21-22,26H,12-15H2,1-2H3,(H,30,36)(H,31,40)(H,38,39)/t21?,22?,26-/m0/s1. The highest BCUT2D eigenvalue weighted by Crippen LogP contribution is 2.41. The normalized spacial score (nSPS) is 19.7. The average molecular weight is 640 g/mol. The van der Waals surface area contributed by atoms with Crippen molar-refractivity contribution in [1.82, 2.24) is 20.4 Å². The van der Waals surface area contributed by atoms with E-state index in [0.717, 1.165) is 21.6 Å². The second-order valence-corrected chi connectivity index (χ2v) is 11.1. The molecule has 2 fully saturated rings. The van der Waals surface area contributed by atoms with Gasteiger partial charge in [-0.15, -0.1) is 11.8 Å². The van der Waals surface area contributed by atoms with Gasteiger partial charge >= 0.3 is 24.0 Å². The highest BCUT2D eigenvalue weighted by molar-refractivity contribution is 8.00. The Morgan fingerprint density at radius 3 is 2.40 bits per heavy atom. The Morgan fingerprint density at radius 2 is 1.76 bits per heavy atom. The van der Waals surface area contributed by atoms with Gasteiger partial charge in [-0.3, -0.25) is 24.2 Å². The number of carbonyl (C=O) groups is 6. The summed E-state index contributed by atoms with van der Waals surface area (Å²) in [5.41, 5.74) is 0.554. The molecule has 6 amide bonds. The van der Waals surface area contributed by atoms with Gasteiger partial charge in [0.2, 0.25) is 12.7 Å². The first-order valence-corrected chi connectivity index (χ1v) is 14.7. The maximum Gasteiger partial charge on any atom is 0.356 e. The van der Waals surface area contributed by atoms with Crippen molar-refractivity contribution in [2.24, 2.45) is 0 Å². The Morgan fingerprint density at radius 1 is 1.04 bits per heavy atom. The number of ether oxygens (including phenoxy) is 3. The summed E-state index contributed by atoms with van der Waals surface area (Å²) >= 11 is 1.15. The van der Waals surface area contributed by atoms with Crippen molar-refractivity contribution >= 4 is 53.3 Å². The highest BCUT2D eigenvalue weighted by Gasteiger charge is 2.55. The first kappa shape index (κ1) is 31.2. The van der Waals surface area contributed by atoms with Crippen molar-refractivity contribution in [2.45, 2.75) is 24.4 Å². The van der Waals surface area contributed by atoms with Crippen LogP contribution < -0.4 is 20.3 Å². The lowest BCUT2D eigenvalue weighted by Gasteiger charge is -2.49. The molecule has 0 bridgehead atoms. The summed E-state index contributed by atoms with van der Waals surface area (Å²) < 4.78 is 15.2. The number of carbonyl (C=O) groups excluding carboxylic acids is 5. The third kappa shape index (κ3) is 6.35. The Labute approximate surface area is 261 Å². The van der Waals surface area contributed by atoms with Crippen LogP contribution >= 0.6 is 11.8 Å². The van der Waals surface area contributed by atoms with Gasteiger partial charge in [0.1, 0.15) is 29.0 Å². The number of amides is 6. The summed E-state index contributed by atoms with van der Waals surface area (Å²) in [5, 5.41) is 14.3. The van der Waals surface area contributed by atoms with E-state index in [9.17, 15) is 33.9 Å². The SMILES string of the molecule is COc1ccc(N2CCN(C(=O)NC(C(=O)NC3C(=O)N4C(C(=O)O)=C(OCOC(C)=O)CS[C@@H]34)c3ccccc3)C2=O)cc1. The summed E-state index contributed by atoms with van der Waals surface area (Å²) in [5.74, 6) is -2.90. The van der Waals surface area contributed by atoms with Gasteiger partial charge in [-0.2, -0.15) is 0 Å². The predicted octanol–water partition coefficient (Wildman–Crippen LogP) is 1.62. The van der Waals surface area contributed by atoms with E-state index in [1.165, 1.54) is 18.9 Å². The number of β-lactam (4-membered cyclic amide) rings is 1. The number of carboxylic acids is 1. The van der Waals surface area contributed by atoms with E-state index in [4.69, 9.17) is 14.2 Å². The number of hydrogen-bond donors (Lipinski definition) is 3. The van der Waals surface area contributed by atoms with Gasteiger partial charge in [-0.25, -0.2) is 19.3 Å². The Bertz CT molecular complexity index is 1550. The van der Waals surface area contributed by atoms with Gasteiger partial charge in [-0.1, -0.05) is 30.3 Å². The highest BCUT2D eigenvalue weighted by atomic mass is 32.2. The number of aliphatic carboxylic acids is 1. The Balaban J connectivity index is 1.28. The van der Waals surface area contributed by atoms with Crippen LogP contribution in [-0.2, 0) is 28.7 Å². The van der Waals surface area contributed by atoms with Crippen molar-refractivity contribution in [2.75, 3.05) is 37.6 Å². The lowest BCUT2D eigenvalue weighted by molar-refractivity contribution is -0.154. The van der Waals surface area contributed by atoms with Crippen LogP contribution in [0.3, 0.4) is 0 Å². The fraction of sp³-hybridized carbons (Fsp3) is 0.310. The third-order valence-corrected chi connectivity index (χ3v) is 8.48. The second kappa shape index (κ2) is 13.2. The molecule has 3 heterocycles. The number of carboxylic acid groups (broad SMARTS) is 1. The largest absolute Gasteiger partial charge is 0.497 e. The molecule has 2 saturated heterocycles. The molecule has 3 N–H and O–H groups in total. The molecule has 15 nitrogen and oxygen atoms in total. The van der Waals surface area contributed by atoms with Crippen LogP contribution in [0.25, 0.3) is 0 Å². The molecule has 236 valence electrons. The molecule has 45 heavy (non-hydrogen) atoms. The number of imide groups is 1. The fourth-order valence-corrected chi connectivity index (χ4v) is 6.27. The topological polar surface area (TPSA) is 184 Å². The molecule has 0 spiro atoms. The van der Waals surface area contributed by atoms with E-state index in [0.29, 0.717) is 17.0 Å². The van der Waals surface area contributed by atoms with E-state index in [1.54, 1.807) is 54.6 Å². The minimum Gasteiger partial charge on any atom is -0.497 e. The molecule has 3 atom stereocenters. The monoisotopic (exact) mass is 639 g/mol. The number of fused-ring (bicyclic) bond motifs is 1. The van der Waals surface area contributed by atoms with Crippen molar-refractivity contribution in [1.29, 1.82) is 0 Å². The lowest BCUT2D eigenvalue weighted by Crippen LogP contribution is -2.71. The molecular weight excluding hydrogens is 610 g/mol. The van der Waals surface area contributed by atoms with Crippen LogP contribution in [0.2, 0.25) is 0 Å². The van der Waals surface area contributed by atoms with Crippen LogP contribution in [-0.4, -0.2) is 94.9 Å². The number of esters is 1. The fourth-order valence-electron chi connectivity index (χ4n) is 5.00. The van der Waals surface area contributed by atoms with E-state index in [1.807, 2.05) is 0 Å². The molecule has 16 heteroatoms. The zero-order chi connectivity index (χ0) is 32.2. The number of anilines is 1. The van der Waals surface area contributed by atoms with Crippen LogP contribution in [0, 0.1) is 0 Å².